The molecule has 0 saturated carbocycles. The Morgan fingerprint density at radius 3 is 2.08 bits per heavy atom. The van der Waals surface area contributed by atoms with Crippen LogP contribution in [0.3, 0.4) is 0 Å². The predicted molar refractivity (Wildman–Crippen MR) is 148 cm³/mol. The number of primary amides is 1. The molecular weight excluding hydrogens is 480 g/mol. The van der Waals surface area contributed by atoms with Crippen LogP contribution >= 0.6 is 11.8 Å². The molecule has 3 atom stereocenters. The molecule has 0 aromatic rings. The van der Waals surface area contributed by atoms with Crippen molar-refractivity contribution in [2.75, 3.05) is 51.8 Å². The van der Waals surface area contributed by atoms with Crippen LogP contribution in [0, 0.1) is 5.92 Å². The summed E-state index contributed by atoms with van der Waals surface area (Å²) in [5, 5.41) is 20.0. The van der Waals surface area contributed by atoms with Crippen LogP contribution in [0.5, 0.6) is 0 Å². The highest BCUT2D eigenvalue weighted by Gasteiger charge is 2.36. The van der Waals surface area contributed by atoms with Crippen molar-refractivity contribution in [3.63, 3.8) is 0 Å². The van der Waals surface area contributed by atoms with Crippen molar-refractivity contribution in [3.8, 4) is 0 Å². The number of nitrogens with zero attached hydrogens (tertiary/aromatic N) is 3. The third-order valence-corrected chi connectivity index (χ3v) is 7.71. The summed E-state index contributed by atoms with van der Waals surface area (Å²) < 4.78 is 0. The fourth-order valence-corrected chi connectivity index (χ4v) is 5.37. The predicted octanol–water partition coefficient (Wildman–Crippen LogP) is 1.94. The molecule has 0 aromatic heterocycles. The molecule has 10 heteroatoms. The van der Waals surface area contributed by atoms with Gasteiger partial charge in [0.2, 0.25) is 17.7 Å². The maximum Gasteiger partial charge on any atom is 0.246 e. The summed E-state index contributed by atoms with van der Waals surface area (Å²) >= 11 is 1.57. The molecule has 0 radical (unpaired) electrons. The zero-order valence-corrected chi connectivity index (χ0v) is 24.5. The number of amides is 3. The van der Waals surface area contributed by atoms with Gasteiger partial charge in [-0.2, -0.15) is 11.8 Å². The van der Waals surface area contributed by atoms with Crippen molar-refractivity contribution in [1.29, 1.82) is 0 Å². The molecule has 0 heterocycles. The van der Waals surface area contributed by atoms with Gasteiger partial charge in [0.25, 0.3) is 0 Å². The van der Waals surface area contributed by atoms with E-state index in [4.69, 9.17) is 5.73 Å². The lowest BCUT2D eigenvalue weighted by molar-refractivity contribution is -0.147. The van der Waals surface area contributed by atoms with Crippen LogP contribution in [0.4, 0.5) is 0 Å². The molecule has 0 saturated heterocycles. The summed E-state index contributed by atoms with van der Waals surface area (Å²) in [5.74, 6) is 0.129. The summed E-state index contributed by atoms with van der Waals surface area (Å²) in [7, 11) is 3.12. The average Bonchev–Trinajstić information content (AvgIpc) is 2.82. The van der Waals surface area contributed by atoms with Gasteiger partial charge in [-0.1, -0.05) is 20.8 Å². The summed E-state index contributed by atoms with van der Waals surface area (Å²) in [4.78, 5) is 43.3. The molecule has 0 aliphatic heterocycles. The maximum atomic E-state index is 13.5. The van der Waals surface area contributed by atoms with Crippen LogP contribution in [-0.2, 0) is 14.4 Å². The normalized spacial score (nSPS) is 14.4. The number of hydrogen-bond donors (Lipinski definition) is 3. The molecule has 0 fully saturated rings. The summed E-state index contributed by atoms with van der Waals surface area (Å²) in [6.07, 6.45) is 3.81. The molecule has 0 rings (SSSR count). The van der Waals surface area contributed by atoms with Gasteiger partial charge in [0, 0.05) is 39.3 Å². The molecule has 212 valence electrons. The smallest absolute Gasteiger partial charge is 0.246 e. The quantitative estimate of drug-likeness (QED) is 0.205. The number of carbonyl (C=O) groups excluding carboxylic acids is 3. The maximum absolute atomic E-state index is 13.5. The van der Waals surface area contributed by atoms with Crippen LogP contribution < -0.4 is 5.73 Å². The summed E-state index contributed by atoms with van der Waals surface area (Å²) in [5.41, 5.74) is 4.37. The summed E-state index contributed by atoms with van der Waals surface area (Å²) in [6, 6.07) is -1.73. The lowest BCUT2D eigenvalue weighted by Gasteiger charge is -2.35. The molecule has 36 heavy (non-hydrogen) atoms. The van der Waals surface area contributed by atoms with Crippen LogP contribution in [0.25, 0.3) is 0 Å². The van der Waals surface area contributed by atoms with Crippen LogP contribution in [0.2, 0.25) is 0 Å². The van der Waals surface area contributed by atoms with E-state index in [-0.39, 0.29) is 30.8 Å². The average molecular weight is 533 g/mol. The largest absolute Gasteiger partial charge is 0.396 e. The van der Waals surface area contributed by atoms with E-state index < -0.39 is 23.6 Å². The minimum atomic E-state index is -1.19. The van der Waals surface area contributed by atoms with Crippen molar-refractivity contribution < 1.29 is 24.6 Å². The second-order valence-electron chi connectivity index (χ2n) is 10.2. The van der Waals surface area contributed by atoms with Crippen LogP contribution in [-0.4, -0.2) is 112 Å². The Kier molecular flexibility index (Phi) is 17.3. The molecule has 4 N–H and O–H groups in total. The number of aliphatic hydroxyl groups excluding tert-OH is 1. The van der Waals surface area contributed by atoms with Crippen molar-refractivity contribution >= 4 is 29.5 Å². The zero-order chi connectivity index (χ0) is 27.9. The Morgan fingerprint density at radius 1 is 1.00 bits per heavy atom. The lowest BCUT2D eigenvalue weighted by atomic mass is 9.97. The minimum absolute atomic E-state index is 0.00271. The highest BCUT2D eigenvalue weighted by molar-refractivity contribution is 7.99. The Bertz CT molecular complexity index is 655. The first-order chi connectivity index (χ1) is 16.8. The summed E-state index contributed by atoms with van der Waals surface area (Å²) in [6.45, 7) is 12.5. The fourth-order valence-electron chi connectivity index (χ4n) is 4.12. The Labute approximate surface area is 223 Å². The number of hydrogen-bond acceptors (Lipinski definition) is 7. The highest BCUT2D eigenvalue weighted by Crippen LogP contribution is 2.21. The Balaban J connectivity index is 5.23. The molecule has 0 aliphatic rings. The van der Waals surface area contributed by atoms with Gasteiger partial charge in [0.1, 0.15) is 12.1 Å². The Hall–Kier alpha value is -1.36. The fraction of sp³-hybridized carbons (Fsp3) is 0.885. The van der Waals surface area contributed by atoms with Crippen molar-refractivity contribution in [2.24, 2.45) is 11.7 Å². The van der Waals surface area contributed by atoms with E-state index in [1.54, 1.807) is 32.7 Å². The number of carbonyl (C=O) groups is 3. The molecule has 0 spiro atoms. The van der Waals surface area contributed by atoms with Gasteiger partial charge in [-0.3, -0.25) is 14.4 Å². The van der Waals surface area contributed by atoms with Gasteiger partial charge in [0.15, 0.2) is 0 Å². The van der Waals surface area contributed by atoms with E-state index in [1.807, 2.05) is 6.92 Å². The number of thioether (sulfide) groups is 1. The number of rotatable bonds is 20. The van der Waals surface area contributed by atoms with Crippen LogP contribution in [0.15, 0.2) is 0 Å². The topological polar surface area (TPSA) is 127 Å². The lowest BCUT2D eigenvalue weighted by Crippen LogP contribution is -2.56. The first-order valence-corrected chi connectivity index (χ1v) is 14.4. The second-order valence-corrected chi connectivity index (χ2v) is 11.4. The van der Waals surface area contributed by atoms with E-state index in [2.05, 4.69) is 18.7 Å². The molecule has 0 bridgehead atoms. The Morgan fingerprint density at radius 2 is 1.61 bits per heavy atom. The molecular formula is C26H52N4O5S. The third kappa shape index (κ3) is 13.3. The van der Waals surface area contributed by atoms with E-state index in [0.717, 1.165) is 44.6 Å². The molecule has 0 aliphatic carbocycles. The monoisotopic (exact) mass is 532 g/mol. The van der Waals surface area contributed by atoms with E-state index in [0.29, 0.717) is 18.6 Å². The van der Waals surface area contributed by atoms with Gasteiger partial charge in [0.05, 0.1) is 5.60 Å². The third-order valence-electron chi connectivity index (χ3n) is 6.63. The zero-order valence-electron chi connectivity index (χ0n) is 23.7. The number of likely N-dealkylation sites (N-methyl/N-ethyl adjacent to an activating group) is 2. The SMILES string of the molecule is CCCC(=O)N(C)[C@H](CSCC[C@H](CO)CCCN(CC)CC)C(=O)N(C)[C@@H](CC(C)(C)O)C(N)=O. The minimum Gasteiger partial charge on any atom is -0.396 e. The van der Waals surface area contributed by atoms with Crippen molar-refractivity contribution in [3.05, 3.63) is 0 Å². The number of nitrogens with two attached hydrogens (primary N) is 1. The van der Waals surface area contributed by atoms with Gasteiger partial charge in [-0.25, -0.2) is 0 Å². The van der Waals surface area contributed by atoms with Gasteiger partial charge in [-0.05, 0) is 70.8 Å². The van der Waals surface area contributed by atoms with Gasteiger partial charge in [-0.15, -0.1) is 0 Å². The van der Waals surface area contributed by atoms with Gasteiger partial charge < -0.3 is 30.6 Å². The van der Waals surface area contributed by atoms with E-state index in [9.17, 15) is 24.6 Å². The van der Waals surface area contributed by atoms with Gasteiger partial charge >= 0.3 is 0 Å². The van der Waals surface area contributed by atoms with Crippen molar-refractivity contribution in [1.82, 2.24) is 14.7 Å². The highest BCUT2D eigenvalue weighted by atomic mass is 32.2. The van der Waals surface area contributed by atoms with Crippen LogP contribution in [0.1, 0.15) is 73.1 Å². The molecule has 3 amide bonds. The van der Waals surface area contributed by atoms with Crippen molar-refractivity contribution in [2.45, 2.75) is 90.8 Å². The van der Waals surface area contributed by atoms with E-state index >= 15 is 0 Å². The standard InChI is InChI=1S/C26H52N4O5S/c1-8-12-23(32)28(6)22(25(34)29(7)21(24(27)33)17-26(4,5)35)19-36-16-14-20(18-31)13-11-15-30(9-2)10-3/h20-22,31,35H,8-19H2,1-7H3,(H2,27,33)/t20-,21+,22-/m1/s1. The first-order valence-electron chi connectivity index (χ1n) is 13.3. The second kappa shape index (κ2) is 18.0. The first kappa shape index (κ1) is 34.6. The molecule has 9 nitrogen and oxygen atoms in total. The number of aliphatic hydroxyl groups is 2. The molecule has 0 unspecified atom stereocenters. The molecule has 0 aromatic carbocycles. The van der Waals surface area contributed by atoms with E-state index in [1.165, 1.54) is 16.8 Å².